The molecule has 4 rings (SSSR count). The lowest BCUT2D eigenvalue weighted by molar-refractivity contribution is -0.151. The fraction of sp³-hybridized carbons (Fsp3) is 0.478. The molecule has 9 nitrogen and oxygen atoms in total. The van der Waals surface area contributed by atoms with Crippen molar-refractivity contribution in [3.8, 4) is 0 Å². The van der Waals surface area contributed by atoms with Gasteiger partial charge in [-0.3, -0.25) is 14.6 Å². The Kier molecular flexibility index (Phi) is 7.58. The summed E-state index contributed by atoms with van der Waals surface area (Å²) in [6.07, 6.45) is 4.12. The second-order valence-electron chi connectivity index (χ2n) is 8.29. The number of aliphatic hydroxyl groups is 1. The Morgan fingerprint density at radius 1 is 1.18 bits per heavy atom. The molecule has 0 unspecified atom stereocenters. The second kappa shape index (κ2) is 10.8. The highest BCUT2D eigenvalue weighted by Crippen LogP contribution is 2.28. The molecule has 0 saturated carbocycles. The van der Waals surface area contributed by atoms with Gasteiger partial charge in [0.1, 0.15) is 17.6 Å². The number of β-amino-alcohol motifs (C(OH)–C–C–N with tert-alkyl or cyclic N) is 1. The first-order chi connectivity index (χ1) is 16.0. The molecular weight excluding hydrogens is 431 g/mol. The molecule has 0 bridgehead atoms. The van der Waals surface area contributed by atoms with Crippen molar-refractivity contribution in [3.63, 3.8) is 0 Å². The number of halogens is 1. The van der Waals surface area contributed by atoms with Crippen molar-refractivity contribution in [3.05, 3.63) is 59.9 Å². The van der Waals surface area contributed by atoms with Gasteiger partial charge in [-0.15, -0.1) is 0 Å². The number of ether oxygens (including phenoxy) is 2. The van der Waals surface area contributed by atoms with Crippen molar-refractivity contribution in [2.75, 3.05) is 19.8 Å². The van der Waals surface area contributed by atoms with E-state index in [0.29, 0.717) is 19.4 Å². The number of carbonyl (C=O) groups excluding carboxylic acids is 2. The van der Waals surface area contributed by atoms with Crippen molar-refractivity contribution in [2.45, 2.75) is 50.2 Å². The van der Waals surface area contributed by atoms with Gasteiger partial charge in [0.25, 0.3) is 5.91 Å². The largest absolute Gasteiger partial charge is 0.389 e. The van der Waals surface area contributed by atoms with Crippen LogP contribution in [0.1, 0.15) is 35.3 Å². The monoisotopic (exact) mass is 458 g/mol. The van der Waals surface area contributed by atoms with E-state index in [-0.39, 0.29) is 61.7 Å². The first kappa shape index (κ1) is 23.2. The van der Waals surface area contributed by atoms with Gasteiger partial charge in [-0.1, -0.05) is 12.1 Å². The quantitative estimate of drug-likeness (QED) is 0.689. The van der Waals surface area contributed by atoms with Crippen LogP contribution in [0.3, 0.4) is 0 Å². The normalized spacial score (nSPS) is 25.5. The highest BCUT2D eigenvalue weighted by molar-refractivity contribution is 5.92. The van der Waals surface area contributed by atoms with Crippen molar-refractivity contribution < 1.29 is 28.6 Å². The lowest BCUT2D eigenvalue weighted by Gasteiger charge is -2.44. The number of nitrogens with one attached hydrogen (secondary N) is 1. The number of aliphatic hydroxyl groups excluding tert-OH is 1. The minimum Gasteiger partial charge on any atom is -0.389 e. The van der Waals surface area contributed by atoms with Gasteiger partial charge in [-0.05, 0) is 30.5 Å². The number of carbonyl (C=O) groups is 2. The van der Waals surface area contributed by atoms with E-state index in [1.165, 1.54) is 30.7 Å². The van der Waals surface area contributed by atoms with Crippen LogP contribution in [-0.4, -0.2) is 75.9 Å². The van der Waals surface area contributed by atoms with E-state index in [4.69, 9.17) is 9.47 Å². The van der Waals surface area contributed by atoms with Crippen molar-refractivity contribution >= 4 is 11.8 Å². The van der Waals surface area contributed by atoms with E-state index in [0.717, 1.165) is 5.56 Å². The summed E-state index contributed by atoms with van der Waals surface area (Å²) < 4.78 is 24.8. The average molecular weight is 458 g/mol. The summed E-state index contributed by atoms with van der Waals surface area (Å²) in [6.45, 7) is 0.696. The molecule has 4 atom stereocenters. The molecule has 2 fully saturated rings. The molecular formula is C23H27FN4O5. The van der Waals surface area contributed by atoms with Crippen LogP contribution in [-0.2, 0) is 20.8 Å². The zero-order valence-corrected chi connectivity index (χ0v) is 18.1. The fourth-order valence-electron chi connectivity index (χ4n) is 4.21. The minimum atomic E-state index is -0.818. The molecule has 2 saturated heterocycles. The maximum atomic E-state index is 13.1. The van der Waals surface area contributed by atoms with Crippen LogP contribution >= 0.6 is 0 Å². The third-order valence-electron chi connectivity index (χ3n) is 5.84. The summed E-state index contributed by atoms with van der Waals surface area (Å²) in [6, 6.07) is 5.64. The zero-order valence-electron chi connectivity index (χ0n) is 18.1. The topological polar surface area (TPSA) is 114 Å². The maximum absolute atomic E-state index is 13.1. The Balaban J connectivity index is 1.37. The predicted molar refractivity (Wildman–Crippen MR) is 114 cm³/mol. The molecule has 0 radical (unpaired) electrons. The average Bonchev–Trinajstić information content (AvgIpc) is 2.82. The van der Waals surface area contributed by atoms with Crippen LogP contribution in [0, 0.1) is 5.82 Å². The number of rotatable bonds is 5. The van der Waals surface area contributed by atoms with Gasteiger partial charge in [0, 0.05) is 25.5 Å². The Labute approximate surface area is 190 Å². The number of fused-ring (bicyclic) bond motifs is 1. The van der Waals surface area contributed by atoms with Crippen LogP contribution in [0.5, 0.6) is 0 Å². The number of hydrogen-bond donors (Lipinski definition) is 2. The smallest absolute Gasteiger partial charge is 0.274 e. The van der Waals surface area contributed by atoms with Gasteiger partial charge in [-0.2, -0.15) is 0 Å². The molecule has 2 aliphatic heterocycles. The molecule has 33 heavy (non-hydrogen) atoms. The fourth-order valence-corrected chi connectivity index (χ4v) is 4.21. The summed E-state index contributed by atoms with van der Waals surface area (Å²) in [4.78, 5) is 35.2. The van der Waals surface area contributed by atoms with Crippen LogP contribution in [0.4, 0.5) is 4.39 Å². The van der Waals surface area contributed by atoms with Gasteiger partial charge < -0.3 is 24.8 Å². The first-order valence-corrected chi connectivity index (χ1v) is 11.0. The van der Waals surface area contributed by atoms with Gasteiger partial charge >= 0.3 is 0 Å². The van der Waals surface area contributed by atoms with Crippen molar-refractivity contribution in [1.82, 2.24) is 20.2 Å². The zero-order chi connectivity index (χ0) is 23.2. The second-order valence-corrected chi connectivity index (χ2v) is 8.29. The van der Waals surface area contributed by atoms with E-state index in [2.05, 4.69) is 15.3 Å². The molecule has 2 aromatic rings. The Morgan fingerprint density at radius 3 is 2.76 bits per heavy atom. The van der Waals surface area contributed by atoms with Crippen LogP contribution in [0.2, 0.25) is 0 Å². The third kappa shape index (κ3) is 6.10. The number of amides is 2. The van der Waals surface area contributed by atoms with Crippen molar-refractivity contribution in [2.24, 2.45) is 0 Å². The highest BCUT2D eigenvalue weighted by atomic mass is 19.1. The van der Waals surface area contributed by atoms with E-state index in [9.17, 15) is 19.1 Å². The number of hydrogen-bond acceptors (Lipinski definition) is 7. The maximum Gasteiger partial charge on any atom is 0.274 e. The molecule has 2 N–H and O–H groups in total. The van der Waals surface area contributed by atoms with E-state index in [1.54, 1.807) is 17.0 Å². The van der Waals surface area contributed by atoms with Crippen LogP contribution in [0.25, 0.3) is 0 Å². The SMILES string of the molecule is O=C(C[C@H]1CC[C@H]2[C@@H](COC[C@@H](O)CN2C(=O)c2cnccn2)O1)NCc1ccc(F)cc1. The Bertz CT molecular complexity index is 946. The minimum absolute atomic E-state index is 0.0830. The lowest BCUT2D eigenvalue weighted by Crippen LogP contribution is -2.57. The summed E-state index contributed by atoms with van der Waals surface area (Å²) in [5, 5.41) is 13.1. The van der Waals surface area contributed by atoms with Crippen LogP contribution in [0.15, 0.2) is 42.9 Å². The standard InChI is InChI=1S/C23H27FN4O5/c24-16-3-1-15(2-4-16)10-27-22(30)9-18-5-6-20-21(33-18)14-32-13-17(29)12-28(20)23(31)19-11-25-7-8-26-19/h1-4,7-8,11,17-18,20-21,29H,5-6,9-10,12-14H2,(H,27,30)/t17-,18+,20-,21+/m0/s1. The lowest BCUT2D eigenvalue weighted by atomic mass is 9.94. The molecule has 2 amide bonds. The Morgan fingerprint density at radius 2 is 2.00 bits per heavy atom. The van der Waals surface area contributed by atoms with Gasteiger partial charge in [0.05, 0.1) is 44.1 Å². The molecule has 0 spiro atoms. The Hall–Kier alpha value is -2.95. The summed E-state index contributed by atoms with van der Waals surface area (Å²) in [5.74, 6) is -0.813. The molecule has 176 valence electrons. The predicted octanol–water partition coefficient (Wildman–Crippen LogP) is 1.07. The molecule has 3 heterocycles. The molecule has 1 aromatic carbocycles. The summed E-state index contributed by atoms with van der Waals surface area (Å²) in [5.41, 5.74) is 1.01. The van der Waals surface area contributed by atoms with Crippen molar-refractivity contribution in [1.29, 1.82) is 0 Å². The third-order valence-corrected chi connectivity index (χ3v) is 5.84. The molecule has 2 aliphatic rings. The first-order valence-electron chi connectivity index (χ1n) is 11.0. The number of benzene rings is 1. The van der Waals surface area contributed by atoms with E-state index < -0.39 is 12.2 Å². The number of aromatic nitrogens is 2. The molecule has 10 heteroatoms. The van der Waals surface area contributed by atoms with E-state index >= 15 is 0 Å². The van der Waals surface area contributed by atoms with Gasteiger partial charge in [0.15, 0.2) is 0 Å². The summed E-state index contributed by atoms with van der Waals surface area (Å²) >= 11 is 0. The van der Waals surface area contributed by atoms with Gasteiger partial charge in [0.2, 0.25) is 5.91 Å². The van der Waals surface area contributed by atoms with Crippen LogP contribution < -0.4 is 5.32 Å². The number of nitrogens with zero attached hydrogens (tertiary/aromatic N) is 3. The van der Waals surface area contributed by atoms with Gasteiger partial charge in [-0.25, -0.2) is 9.37 Å². The van der Waals surface area contributed by atoms with E-state index in [1.807, 2.05) is 0 Å². The molecule has 1 aromatic heterocycles. The molecule has 0 aliphatic carbocycles. The highest BCUT2D eigenvalue weighted by Gasteiger charge is 2.40. The summed E-state index contributed by atoms with van der Waals surface area (Å²) in [7, 11) is 0.